The Labute approximate surface area is 171 Å². The van der Waals surface area contributed by atoms with Gasteiger partial charge in [0.05, 0.1) is 5.92 Å². The summed E-state index contributed by atoms with van der Waals surface area (Å²) < 4.78 is 5.57. The van der Waals surface area contributed by atoms with Crippen molar-refractivity contribution in [2.24, 2.45) is 0 Å². The van der Waals surface area contributed by atoms with Crippen LogP contribution in [0.2, 0.25) is 0 Å². The molecule has 29 heavy (non-hydrogen) atoms. The Morgan fingerprint density at radius 2 is 1.86 bits per heavy atom. The fourth-order valence-electron chi connectivity index (χ4n) is 3.52. The lowest BCUT2D eigenvalue weighted by molar-refractivity contribution is -0.132. The molecule has 2 heterocycles. The lowest BCUT2D eigenvalue weighted by Gasteiger charge is -2.34. The zero-order valence-electron chi connectivity index (χ0n) is 17.1. The molecule has 1 unspecified atom stereocenters. The van der Waals surface area contributed by atoms with Gasteiger partial charge in [0.2, 0.25) is 23.6 Å². The van der Waals surface area contributed by atoms with E-state index in [0.717, 1.165) is 38.3 Å². The van der Waals surface area contributed by atoms with E-state index in [9.17, 15) is 9.59 Å². The lowest BCUT2D eigenvalue weighted by Crippen LogP contribution is -2.49. The van der Waals surface area contributed by atoms with Gasteiger partial charge >= 0.3 is 0 Å². The lowest BCUT2D eigenvalue weighted by atomic mass is 9.95. The van der Waals surface area contributed by atoms with Crippen molar-refractivity contribution in [3.63, 3.8) is 0 Å². The molecule has 0 radical (unpaired) electrons. The topological polar surface area (TPSA) is 91.6 Å². The van der Waals surface area contributed by atoms with Gasteiger partial charge in [-0.05, 0) is 12.1 Å². The van der Waals surface area contributed by atoms with Gasteiger partial charge in [0.1, 0.15) is 0 Å². The molecule has 1 N–H and O–H groups in total. The first-order valence-electron chi connectivity index (χ1n) is 10.2. The van der Waals surface area contributed by atoms with E-state index in [-0.39, 0.29) is 24.2 Å². The van der Waals surface area contributed by atoms with Crippen molar-refractivity contribution in [3.8, 4) is 0 Å². The number of rotatable bonds is 8. The second-order valence-electron chi connectivity index (χ2n) is 7.24. The summed E-state index contributed by atoms with van der Waals surface area (Å²) in [5, 5.41) is 10.8. The molecule has 1 aliphatic heterocycles. The van der Waals surface area contributed by atoms with Gasteiger partial charge in [0, 0.05) is 52.5 Å². The summed E-state index contributed by atoms with van der Waals surface area (Å²) in [6, 6.07) is 9.64. The van der Waals surface area contributed by atoms with Crippen LogP contribution < -0.4 is 5.32 Å². The van der Waals surface area contributed by atoms with E-state index in [1.54, 1.807) is 6.92 Å². The highest BCUT2D eigenvalue weighted by atomic mass is 16.4. The summed E-state index contributed by atoms with van der Waals surface area (Å²) in [6.07, 6.45) is 0.503. The largest absolute Gasteiger partial charge is 0.425 e. The molecule has 1 aliphatic rings. The van der Waals surface area contributed by atoms with Crippen molar-refractivity contribution in [1.29, 1.82) is 0 Å². The highest BCUT2D eigenvalue weighted by molar-refractivity contribution is 5.79. The smallest absolute Gasteiger partial charge is 0.224 e. The molecule has 8 nitrogen and oxygen atoms in total. The first kappa shape index (κ1) is 21.0. The molecule has 0 spiro atoms. The number of aryl methyl sites for hydroxylation is 1. The number of amides is 2. The number of hydrogen-bond donors (Lipinski definition) is 1. The molecule has 1 aromatic heterocycles. The van der Waals surface area contributed by atoms with E-state index in [4.69, 9.17) is 4.42 Å². The van der Waals surface area contributed by atoms with Crippen LogP contribution >= 0.6 is 0 Å². The Balaban J connectivity index is 1.50. The van der Waals surface area contributed by atoms with Crippen LogP contribution in [0.25, 0.3) is 0 Å². The molecule has 0 bridgehead atoms. The maximum Gasteiger partial charge on any atom is 0.224 e. The van der Waals surface area contributed by atoms with Crippen LogP contribution in [0, 0.1) is 6.92 Å². The third-order valence-corrected chi connectivity index (χ3v) is 5.26. The second-order valence-corrected chi connectivity index (χ2v) is 7.24. The molecule has 0 aliphatic carbocycles. The van der Waals surface area contributed by atoms with Crippen LogP contribution in [-0.2, 0) is 9.59 Å². The Morgan fingerprint density at radius 1 is 1.14 bits per heavy atom. The maximum atomic E-state index is 12.5. The van der Waals surface area contributed by atoms with Gasteiger partial charge in [-0.2, -0.15) is 0 Å². The maximum absolute atomic E-state index is 12.5. The van der Waals surface area contributed by atoms with E-state index in [2.05, 4.69) is 27.3 Å². The van der Waals surface area contributed by atoms with Crippen LogP contribution in [0.15, 0.2) is 34.7 Å². The van der Waals surface area contributed by atoms with Crippen molar-refractivity contribution >= 4 is 11.8 Å². The summed E-state index contributed by atoms with van der Waals surface area (Å²) in [5.74, 6) is 0.533. The van der Waals surface area contributed by atoms with Gasteiger partial charge in [-0.15, -0.1) is 10.2 Å². The minimum atomic E-state index is -0.310. The molecule has 2 amide bonds. The molecule has 1 fully saturated rings. The summed E-state index contributed by atoms with van der Waals surface area (Å²) in [7, 11) is 0. The second kappa shape index (κ2) is 10.2. The fraction of sp³-hybridized carbons (Fsp3) is 0.524. The summed E-state index contributed by atoms with van der Waals surface area (Å²) >= 11 is 0. The Bertz CT molecular complexity index is 800. The number of benzene rings is 1. The quantitative estimate of drug-likeness (QED) is 0.725. The van der Waals surface area contributed by atoms with Crippen molar-refractivity contribution < 1.29 is 14.0 Å². The van der Waals surface area contributed by atoms with Gasteiger partial charge in [0.25, 0.3) is 0 Å². The molecule has 2 aromatic rings. The number of nitrogens with zero attached hydrogens (tertiary/aromatic N) is 4. The van der Waals surface area contributed by atoms with Crippen molar-refractivity contribution in [2.75, 3.05) is 39.3 Å². The molecule has 1 aromatic carbocycles. The summed E-state index contributed by atoms with van der Waals surface area (Å²) in [5.41, 5.74) is 0.941. The summed E-state index contributed by atoms with van der Waals surface area (Å²) in [6.45, 7) is 8.54. The Kier molecular flexibility index (Phi) is 7.35. The molecular formula is C21H29N5O3. The van der Waals surface area contributed by atoms with Gasteiger partial charge in [-0.25, -0.2) is 0 Å². The van der Waals surface area contributed by atoms with Crippen molar-refractivity contribution in [3.05, 3.63) is 47.7 Å². The first-order chi connectivity index (χ1) is 14.1. The third-order valence-electron chi connectivity index (χ3n) is 5.26. The molecule has 8 heteroatoms. The average Bonchev–Trinajstić information content (AvgIpc) is 3.18. The van der Waals surface area contributed by atoms with Crippen LogP contribution in [-0.4, -0.2) is 71.1 Å². The highest BCUT2D eigenvalue weighted by Crippen LogP contribution is 2.26. The summed E-state index contributed by atoms with van der Waals surface area (Å²) in [4.78, 5) is 29.1. The Hall–Kier alpha value is -2.74. The van der Waals surface area contributed by atoms with Gasteiger partial charge < -0.3 is 19.5 Å². The third kappa shape index (κ3) is 5.87. The van der Waals surface area contributed by atoms with Crippen molar-refractivity contribution in [2.45, 2.75) is 32.6 Å². The molecule has 3 rings (SSSR count). The molecule has 156 valence electrons. The minimum absolute atomic E-state index is 0.0909. The molecule has 1 atom stereocenters. The highest BCUT2D eigenvalue weighted by Gasteiger charge is 2.24. The van der Waals surface area contributed by atoms with Gasteiger partial charge in [-0.1, -0.05) is 37.3 Å². The zero-order chi connectivity index (χ0) is 20.6. The predicted molar refractivity (Wildman–Crippen MR) is 108 cm³/mol. The number of hydrogen-bond acceptors (Lipinski definition) is 6. The number of piperazine rings is 1. The predicted octanol–water partition coefficient (Wildman–Crippen LogP) is 1.57. The van der Waals surface area contributed by atoms with E-state index >= 15 is 0 Å². The van der Waals surface area contributed by atoms with Crippen LogP contribution in [0.4, 0.5) is 0 Å². The molecule has 0 saturated carbocycles. The number of likely N-dealkylation sites (N-methyl/N-ethyl adjacent to an activating group) is 1. The standard InChI is InChI=1S/C21H29N5O3/c1-3-25-11-13-26(14-12-25)20(28)9-10-22-19(27)15-18(17-7-5-4-6-8-17)21-24-23-16(2)29-21/h4-8,18H,3,9-15H2,1-2H3,(H,22,27). The first-order valence-corrected chi connectivity index (χ1v) is 10.2. The van der Waals surface area contributed by atoms with Crippen LogP contribution in [0.1, 0.15) is 43.0 Å². The molecule has 1 saturated heterocycles. The number of aromatic nitrogens is 2. The zero-order valence-corrected chi connectivity index (χ0v) is 17.1. The normalized spacial score (nSPS) is 15.9. The monoisotopic (exact) mass is 399 g/mol. The Morgan fingerprint density at radius 3 is 2.48 bits per heavy atom. The van der Waals surface area contributed by atoms with Gasteiger partial charge in [-0.3, -0.25) is 9.59 Å². The number of carbonyl (C=O) groups is 2. The van der Waals surface area contributed by atoms with E-state index in [1.807, 2.05) is 35.2 Å². The number of nitrogens with one attached hydrogen (secondary N) is 1. The van der Waals surface area contributed by atoms with E-state index in [1.165, 1.54) is 0 Å². The minimum Gasteiger partial charge on any atom is -0.425 e. The number of carbonyl (C=O) groups excluding carboxylic acids is 2. The van der Waals surface area contributed by atoms with Gasteiger partial charge in [0.15, 0.2) is 0 Å². The van der Waals surface area contributed by atoms with Crippen LogP contribution in [0.3, 0.4) is 0 Å². The molecular weight excluding hydrogens is 370 g/mol. The van der Waals surface area contributed by atoms with Crippen molar-refractivity contribution in [1.82, 2.24) is 25.3 Å². The van der Waals surface area contributed by atoms with E-state index < -0.39 is 0 Å². The van der Waals surface area contributed by atoms with E-state index in [0.29, 0.717) is 24.7 Å². The SMILES string of the molecule is CCN1CCN(C(=O)CCNC(=O)CC(c2ccccc2)c2nnc(C)o2)CC1. The average molecular weight is 399 g/mol. The van der Waals surface area contributed by atoms with Crippen LogP contribution in [0.5, 0.6) is 0 Å². The fourth-order valence-corrected chi connectivity index (χ4v) is 3.52.